The summed E-state index contributed by atoms with van der Waals surface area (Å²) in [4.78, 5) is 13.3. The molecule has 94 valence electrons. The van der Waals surface area contributed by atoms with Crippen molar-refractivity contribution in [2.75, 3.05) is 23.9 Å². The van der Waals surface area contributed by atoms with E-state index < -0.39 is 9.84 Å². The Labute approximate surface area is 102 Å². The number of carbonyl (C=O) groups excluding carboxylic acids is 1. The summed E-state index contributed by atoms with van der Waals surface area (Å²) in [5, 5.41) is 0. The zero-order valence-corrected chi connectivity index (χ0v) is 11.2. The number of hydrogen-bond donors (Lipinski definition) is 0. The Morgan fingerprint density at radius 1 is 1.50 bits per heavy atom. The van der Waals surface area contributed by atoms with Gasteiger partial charge in [0.05, 0.1) is 11.5 Å². The lowest BCUT2D eigenvalue weighted by molar-refractivity contribution is -0.130. The molecular formula is C10H18ClNO3S. The molecule has 0 aromatic heterocycles. The lowest BCUT2D eigenvalue weighted by Crippen LogP contribution is -2.43. The van der Waals surface area contributed by atoms with Crippen LogP contribution in [0.5, 0.6) is 0 Å². The van der Waals surface area contributed by atoms with Crippen molar-refractivity contribution in [1.82, 2.24) is 4.90 Å². The summed E-state index contributed by atoms with van der Waals surface area (Å²) in [7, 11) is -2.95. The minimum Gasteiger partial charge on any atom is -0.337 e. The molecule has 1 unspecified atom stereocenters. The van der Waals surface area contributed by atoms with Gasteiger partial charge in [0.25, 0.3) is 0 Å². The minimum atomic E-state index is -2.95. The SMILES string of the molecule is CC(C)CN(C(=O)CCl)C1CCS(=O)(=O)C1. The van der Waals surface area contributed by atoms with E-state index in [0.29, 0.717) is 18.9 Å². The standard InChI is InChI=1S/C10H18ClNO3S/c1-8(2)6-12(10(13)5-11)9-3-4-16(14,15)7-9/h8-9H,3-7H2,1-2H3. The first-order valence-corrected chi connectivity index (χ1v) is 7.77. The Kier molecular flexibility index (Phi) is 4.62. The maximum Gasteiger partial charge on any atom is 0.237 e. The highest BCUT2D eigenvalue weighted by molar-refractivity contribution is 7.91. The minimum absolute atomic E-state index is 0.0801. The molecule has 1 amide bonds. The van der Waals surface area contributed by atoms with Crippen LogP contribution in [0.2, 0.25) is 0 Å². The Balaban J connectivity index is 2.74. The molecule has 1 saturated heterocycles. The summed E-state index contributed by atoms with van der Waals surface area (Å²) in [5.74, 6) is 0.334. The van der Waals surface area contributed by atoms with E-state index in [-0.39, 0.29) is 29.3 Å². The fourth-order valence-corrected chi connectivity index (χ4v) is 3.83. The Morgan fingerprint density at radius 2 is 2.12 bits per heavy atom. The molecule has 1 heterocycles. The number of carbonyl (C=O) groups is 1. The quantitative estimate of drug-likeness (QED) is 0.711. The molecule has 4 nitrogen and oxygen atoms in total. The van der Waals surface area contributed by atoms with Crippen LogP contribution in [0.15, 0.2) is 0 Å². The highest BCUT2D eigenvalue weighted by atomic mass is 35.5. The molecule has 0 aromatic rings. The van der Waals surface area contributed by atoms with Crippen LogP contribution in [0, 0.1) is 5.92 Å². The maximum atomic E-state index is 11.6. The molecule has 1 aliphatic rings. The molecule has 6 heteroatoms. The van der Waals surface area contributed by atoms with Crippen LogP contribution in [-0.4, -0.2) is 49.2 Å². The molecule has 1 atom stereocenters. The molecule has 1 fully saturated rings. The number of hydrogen-bond acceptors (Lipinski definition) is 3. The van der Waals surface area contributed by atoms with Crippen LogP contribution >= 0.6 is 11.6 Å². The normalized spacial score (nSPS) is 23.6. The van der Waals surface area contributed by atoms with E-state index in [4.69, 9.17) is 11.6 Å². The highest BCUT2D eigenvalue weighted by Gasteiger charge is 2.34. The van der Waals surface area contributed by atoms with Gasteiger partial charge in [0.2, 0.25) is 5.91 Å². The highest BCUT2D eigenvalue weighted by Crippen LogP contribution is 2.19. The van der Waals surface area contributed by atoms with Gasteiger partial charge in [0.1, 0.15) is 5.88 Å². The number of halogens is 1. The average Bonchev–Trinajstić information content (AvgIpc) is 2.53. The van der Waals surface area contributed by atoms with Crippen molar-refractivity contribution >= 4 is 27.3 Å². The molecule has 0 aromatic carbocycles. The van der Waals surface area contributed by atoms with Crippen LogP contribution < -0.4 is 0 Å². The predicted octanol–water partition coefficient (Wildman–Crippen LogP) is 0.897. The van der Waals surface area contributed by atoms with Crippen molar-refractivity contribution in [2.24, 2.45) is 5.92 Å². The summed E-state index contributed by atoms with van der Waals surface area (Å²) in [6, 6.07) is -0.182. The molecule has 0 aliphatic carbocycles. The number of nitrogens with zero attached hydrogens (tertiary/aromatic N) is 1. The lowest BCUT2D eigenvalue weighted by atomic mass is 10.1. The second kappa shape index (κ2) is 5.36. The van der Waals surface area contributed by atoms with Crippen LogP contribution in [0.1, 0.15) is 20.3 Å². The van der Waals surface area contributed by atoms with Gasteiger partial charge in [-0.05, 0) is 12.3 Å². The van der Waals surface area contributed by atoms with Gasteiger partial charge < -0.3 is 4.90 Å². The smallest absolute Gasteiger partial charge is 0.237 e. The number of amides is 1. The molecule has 0 radical (unpaired) electrons. The van der Waals surface area contributed by atoms with Gasteiger partial charge in [-0.3, -0.25) is 4.79 Å². The van der Waals surface area contributed by atoms with E-state index in [2.05, 4.69) is 0 Å². The third kappa shape index (κ3) is 3.63. The first-order chi connectivity index (χ1) is 7.35. The first kappa shape index (κ1) is 13.8. The van der Waals surface area contributed by atoms with Crippen molar-refractivity contribution in [2.45, 2.75) is 26.3 Å². The molecule has 0 spiro atoms. The molecule has 0 saturated carbocycles. The fourth-order valence-electron chi connectivity index (χ4n) is 1.95. The van der Waals surface area contributed by atoms with Crippen LogP contribution in [0.4, 0.5) is 0 Å². The van der Waals surface area contributed by atoms with E-state index in [1.165, 1.54) is 0 Å². The second-order valence-corrected chi connectivity index (χ2v) is 7.13. The van der Waals surface area contributed by atoms with Crippen molar-refractivity contribution in [3.05, 3.63) is 0 Å². The summed E-state index contributed by atoms with van der Waals surface area (Å²) >= 11 is 5.54. The molecular weight excluding hydrogens is 250 g/mol. The summed E-state index contributed by atoms with van der Waals surface area (Å²) < 4.78 is 22.7. The number of rotatable bonds is 4. The van der Waals surface area contributed by atoms with Gasteiger partial charge in [0, 0.05) is 12.6 Å². The molecule has 1 aliphatic heterocycles. The lowest BCUT2D eigenvalue weighted by Gasteiger charge is -2.29. The van der Waals surface area contributed by atoms with E-state index in [9.17, 15) is 13.2 Å². The van der Waals surface area contributed by atoms with E-state index in [1.807, 2.05) is 13.8 Å². The average molecular weight is 268 g/mol. The monoisotopic (exact) mass is 267 g/mol. The predicted molar refractivity (Wildman–Crippen MR) is 64.3 cm³/mol. The van der Waals surface area contributed by atoms with Gasteiger partial charge in [-0.1, -0.05) is 13.8 Å². The molecule has 0 bridgehead atoms. The maximum absolute atomic E-state index is 11.6. The van der Waals surface area contributed by atoms with Crippen LogP contribution in [0.25, 0.3) is 0 Å². The molecule has 0 N–H and O–H groups in total. The van der Waals surface area contributed by atoms with E-state index >= 15 is 0 Å². The number of sulfone groups is 1. The number of alkyl halides is 1. The van der Waals surface area contributed by atoms with Gasteiger partial charge in [0.15, 0.2) is 9.84 Å². The van der Waals surface area contributed by atoms with Gasteiger partial charge >= 0.3 is 0 Å². The van der Waals surface area contributed by atoms with Crippen LogP contribution in [0.3, 0.4) is 0 Å². The first-order valence-electron chi connectivity index (χ1n) is 5.41. The Bertz CT molecular complexity index is 353. The fraction of sp³-hybridized carbons (Fsp3) is 0.900. The van der Waals surface area contributed by atoms with Gasteiger partial charge in [-0.25, -0.2) is 8.42 Å². The van der Waals surface area contributed by atoms with Crippen molar-refractivity contribution in [1.29, 1.82) is 0 Å². The third-order valence-corrected chi connectivity index (χ3v) is 4.62. The van der Waals surface area contributed by atoms with Crippen LogP contribution in [-0.2, 0) is 14.6 Å². The summed E-state index contributed by atoms with van der Waals surface area (Å²) in [6.45, 7) is 4.57. The van der Waals surface area contributed by atoms with Crippen molar-refractivity contribution in [3.63, 3.8) is 0 Å². The third-order valence-electron chi connectivity index (χ3n) is 2.65. The zero-order valence-electron chi connectivity index (χ0n) is 9.65. The summed E-state index contributed by atoms with van der Waals surface area (Å²) in [5.41, 5.74) is 0. The Morgan fingerprint density at radius 3 is 2.50 bits per heavy atom. The topological polar surface area (TPSA) is 54.5 Å². The molecule has 16 heavy (non-hydrogen) atoms. The zero-order chi connectivity index (χ0) is 12.3. The van der Waals surface area contributed by atoms with E-state index in [1.54, 1.807) is 4.90 Å². The van der Waals surface area contributed by atoms with Crippen molar-refractivity contribution < 1.29 is 13.2 Å². The van der Waals surface area contributed by atoms with E-state index in [0.717, 1.165) is 0 Å². The molecule has 1 rings (SSSR count). The summed E-state index contributed by atoms with van der Waals surface area (Å²) in [6.07, 6.45) is 0.539. The Hall–Kier alpha value is -0.290. The van der Waals surface area contributed by atoms with Crippen molar-refractivity contribution in [3.8, 4) is 0 Å². The second-order valence-electron chi connectivity index (χ2n) is 4.63. The largest absolute Gasteiger partial charge is 0.337 e. The van der Waals surface area contributed by atoms with Gasteiger partial charge in [-0.15, -0.1) is 11.6 Å². The van der Waals surface area contributed by atoms with Gasteiger partial charge in [-0.2, -0.15) is 0 Å².